The molecule has 24 heavy (non-hydrogen) atoms. The summed E-state index contributed by atoms with van der Waals surface area (Å²) >= 11 is 1.23. The van der Waals surface area contributed by atoms with Gasteiger partial charge in [0.1, 0.15) is 16.3 Å². The number of Topliss-reactive ketones (excluding diaryl/α,β-unsaturated/α-hetero) is 1. The lowest BCUT2D eigenvalue weighted by molar-refractivity contribution is -0.122. The summed E-state index contributed by atoms with van der Waals surface area (Å²) in [7, 11) is 1.45. The molecule has 0 saturated heterocycles. The van der Waals surface area contributed by atoms with Crippen molar-refractivity contribution >= 4 is 23.1 Å². The number of rotatable bonds is 6. The van der Waals surface area contributed by atoms with Crippen molar-refractivity contribution in [1.29, 1.82) is 5.26 Å². The zero-order valence-corrected chi connectivity index (χ0v) is 14.3. The standard InChI is InChI=1S/C17H16N2O4S/c1-10-4-5-15(22-3)12(6-10)17(21)23-8-14(20)13(7-18)16-19-11(2)9-24-16/h4-6,9,13H,8H2,1-3H3/t13-/m0/s1. The van der Waals surface area contributed by atoms with Crippen LogP contribution in [0, 0.1) is 25.2 Å². The number of carbonyl (C=O) groups is 2. The van der Waals surface area contributed by atoms with Crippen LogP contribution in [-0.2, 0) is 9.53 Å². The van der Waals surface area contributed by atoms with Crippen LogP contribution in [0.4, 0.5) is 0 Å². The molecular weight excluding hydrogens is 328 g/mol. The molecule has 0 amide bonds. The molecule has 2 aromatic rings. The minimum atomic E-state index is -1.03. The van der Waals surface area contributed by atoms with E-state index in [-0.39, 0.29) is 5.56 Å². The Bertz CT molecular complexity index is 807. The molecule has 0 aliphatic rings. The van der Waals surface area contributed by atoms with Crippen molar-refractivity contribution in [3.8, 4) is 11.8 Å². The van der Waals surface area contributed by atoms with Gasteiger partial charge in [-0.05, 0) is 26.0 Å². The summed E-state index contributed by atoms with van der Waals surface area (Å²) in [4.78, 5) is 28.5. The predicted molar refractivity (Wildman–Crippen MR) is 88.2 cm³/mol. The smallest absolute Gasteiger partial charge is 0.342 e. The third-order valence-corrected chi connectivity index (χ3v) is 4.28. The van der Waals surface area contributed by atoms with Crippen LogP contribution in [0.5, 0.6) is 5.75 Å². The zero-order chi connectivity index (χ0) is 17.7. The Balaban J connectivity index is 2.07. The second-order valence-corrected chi connectivity index (χ2v) is 6.03. The molecule has 6 nitrogen and oxygen atoms in total. The number of hydrogen-bond donors (Lipinski definition) is 0. The number of ketones is 1. The summed E-state index contributed by atoms with van der Waals surface area (Å²) in [5.74, 6) is -1.84. The van der Waals surface area contributed by atoms with Gasteiger partial charge in [0.15, 0.2) is 18.3 Å². The van der Waals surface area contributed by atoms with Crippen LogP contribution < -0.4 is 4.74 Å². The molecule has 0 saturated carbocycles. The van der Waals surface area contributed by atoms with Gasteiger partial charge in [0.2, 0.25) is 0 Å². The van der Waals surface area contributed by atoms with Crippen molar-refractivity contribution in [3.05, 3.63) is 45.4 Å². The summed E-state index contributed by atoms with van der Waals surface area (Å²) < 4.78 is 10.2. The topological polar surface area (TPSA) is 89.3 Å². The maximum Gasteiger partial charge on any atom is 0.342 e. The van der Waals surface area contributed by atoms with E-state index in [4.69, 9.17) is 9.47 Å². The normalized spacial score (nSPS) is 11.4. The van der Waals surface area contributed by atoms with Crippen molar-refractivity contribution in [2.75, 3.05) is 13.7 Å². The molecule has 0 fully saturated rings. The van der Waals surface area contributed by atoms with Gasteiger partial charge in [-0.3, -0.25) is 4.79 Å². The van der Waals surface area contributed by atoms with Gasteiger partial charge in [-0.25, -0.2) is 9.78 Å². The number of benzene rings is 1. The van der Waals surface area contributed by atoms with Gasteiger partial charge in [-0.2, -0.15) is 5.26 Å². The first-order valence-corrected chi connectivity index (χ1v) is 8.00. The van der Waals surface area contributed by atoms with Gasteiger partial charge >= 0.3 is 5.97 Å². The van der Waals surface area contributed by atoms with Gasteiger partial charge in [-0.1, -0.05) is 11.6 Å². The lowest BCUT2D eigenvalue weighted by Gasteiger charge is -2.10. The number of aryl methyl sites for hydroxylation is 2. The van der Waals surface area contributed by atoms with E-state index in [0.717, 1.165) is 11.3 Å². The molecule has 2 rings (SSSR count). The van der Waals surface area contributed by atoms with Crippen LogP contribution >= 0.6 is 11.3 Å². The van der Waals surface area contributed by atoms with E-state index in [1.54, 1.807) is 30.5 Å². The number of hydrogen-bond acceptors (Lipinski definition) is 7. The summed E-state index contributed by atoms with van der Waals surface area (Å²) in [6, 6.07) is 6.99. The highest BCUT2D eigenvalue weighted by atomic mass is 32.1. The number of ether oxygens (including phenoxy) is 2. The molecule has 7 heteroatoms. The maximum atomic E-state index is 12.2. The molecule has 1 aromatic heterocycles. The van der Waals surface area contributed by atoms with Crippen molar-refractivity contribution < 1.29 is 19.1 Å². The number of aromatic nitrogens is 1. The molecule has 0 N–H and O–H groups in total. The van der Waals surface area contributed by atoms with Crippen LogP contribution in [-0.4, -0.2) is 30.5 Å². The Labute approximate surface area is 143 Å². The average Bonchev–Trinajstić information content (AvgIpc) is 2.99. The second-order valence-electron chi connectivity index (χ2n) is 5.14. The highest BCUT2D eigenvalue weighted by Gasteiger charge is 2.25. The third kappa shape index (κ3) is 3.97. The predicted octanol–water partition coefficient (Wildman–Crippen LogP) is 2.80. The van der Waals surface area contributed by atoms with E-state index in [2.05, 4.69) is 4.98 Å². The Morgan fingerprint density at radius 3 is 2.71 bits per heavy atom. The van der Waals surface area contributed by atoms with E-state index < -0.39 is 24.3 Å². The highest BCUT2D eigenvalue weighted by Crippen LogP contribution is 2.23. The van der Waals surface area contributed by atoms with Crippen molar-refractivity contribution in [2.45, 2.75) is 19.8 Å². The molecular formula is C17H16N2O4S. The third-order valence-electron chi connectivity index (χ3n) is 3.26. The van der Waals surface area contributed by atoms with E-state index in [1.807, 2.05) is 13.0 Å². The lowest BCUT2D eigenvalue weighted by Crippen LogP contribution is -2.20. The molecule has 0 aliphatic carbocycles. The largest absolute Gasteiger partial charge is 0.496 e. The fourth-order valence-electron chi connectivity index (χ4n) is 2.05. The first kappa shape index (κ1) is 17.6. The molecule has 0 spiro atoms. The van der Waals surface area contributed by atoms with E-state index >= 15 is 0 Å². The number of esters is 1. The van der Waals surface area contributed by atoms with Crippen molar-refractivity contribution in [2.24, 2.45) is 0 Å². The van der Waals surface area contributed by atoms with Gasteiger partial charge in [0.25, 0.3) is 0 Å². The lowest BCUT2D eigenvalue weighted by atomic mass is 10.1. The molecule has 1 heterocycles. The molecule has 0 aliphatic heterocycles. The number of nitrogens with zero attached hydrogens (tertiary/aromatic N) is 2. The molecule has 0 bridgehead atoms. The maximum absolute atomic E-state index is 12.2. The van der Waals surface area contributed by atoms with Gasteiger partial charge in [-0.15, -0.1) is 11.3 Å². The van der Waals surface area contributed by atoms with Crippen LogP contribution in [0.25, 0.3) is 0 Å². The number of thiazole rings is 1. The molecule has 0 unspecified atom stereocenters. The molecule has 124 valence electrons. The Morgan fingerprint density at radius 1 is 1.38 bits per heavy atom. The first-order chi connectivity index (χ1) is 11.5. The van der Waals surface area contributed by atoms with Gasteiger partial charge < -0.3 is 9.47 Å². The van der Waals surface area contributed by atoms with Crippen LogP contribution in [0.15, 0.2) is 23.6 Å². The SMILES string of the molecule is COc1ccc(C)cc1C(=O)OCC(=O)[C@H](C#N)c1nc(C)cs1. The number of methoxy groups -OCH3 is 1. The Morgan fingerprint density at radius 2 is 2.12 bits per heavy atom. The van der Waals surface area contributed by atoms with E-state index in [0.29, 0.717) is 10.8 Å². The minimum absolute atomic E-state index is 0.240. The summed E-state index contributed by atoms with van der Waals surface area (Å²) in [6.07, 6.45) is 0. The van der Waals surface area contributed by atoms with Crippen LogP contribution in [0.1, 0.15) is 32.5 Å². The summed E-state index contributed by atoms with van der Waals surface area (Å²) in [5.41, 5.74) is 1.84. The van der Waals surface area contributed by atoms with Crippen LogP contribution in [0.2, 0.25) is 0 Å². The molecule has 1 aromatic carbocycles. The molecule has 1 atom stereocenters. The highest BCUT2D eigenvalue weighted by molar-refractivity contribution is 7.09. The minimum Gasteiger partial charge on any atom is -0.496 e. The Hall–Kier alpha value is -2.72. The Kier molecular flexibility index (Phi) is 5.66. The average molecular weight is 344 g/mol. The summed E-state index contributed by atoms with van der Waals surface area (Å²) in [6.45, 7) is 3.12. The number of nitriles is 1. The summed E-state index contributed by atoms with van der Waals surface area (Å²) in [5, 5.41) is 11.4. The zero-order valence-electron chi connectivity index (χ0n) is 13.5. The monoisotopic (exact) mass is 344 g/mol. The van der Waals surface area contributed by atoms with E-state index in [9.17, 15) is 14.9 Å². The van der Waals surface area contributed by atoms with E-state index in [1.165, 1.54) is 18.4 Å². The fourth-order valence-corrected chi connectivity index (χ4v) is 2.91. The van der Waals surface area contributed by atoms with Gasteiger partial charge in [0, 0.05) is 11.1 Å². The molecule has 0 radical (unpaired) electrons. The van der Waals surface area contributed by atoms with Crippen molar-refractivity contribution in [3.63, 3.8) is 0 Å². The van der Waals surface area contributed by atoms with Gasteiger partial charge in [0.05, 0.1) is 13.2 Å². The second kappa shape index (κ2) is 7.70. The first-order valence-electron chi connectivity index (χ1n) is 7.12. The quantitative estimate of drug-likeness (QED) is 0.749. The van der Waals surface area contributed by atoms with Crippen LogP contribution in [0.3, 0.4) is 0 Å². The van der Waals surface area contributed by atoms with Crippen molar-refractivity contribution in [1.82, 2.24) is 4.98 Å². The fraction of sp³-hybridized carbons (Fsp3) is 0.294. The number of carbonyl (C=O) groups excluding carboxylic acids is 2.